The highest BCUT2D eigenvalue weighted by Crippen LogP contribution is 2.32. The van der Waals surface area contributed by atoms with Gasteiger partial charge in [-0.15, -0.1) is 0 Å². The van der Waals surface area contributed by atoms with Crippen LogP contribution in [0, 0.1) is 5.82 Å². The monoisotopic (exact) mass is 583 g/mol. The molecule has 0 aliphatic carbocycles. The molecule has 2 aromatic carbocycles. The number of carbonyl (C=O) groups is 1. The smallest absolute Gasteiger partial charge is 0.433 e. The third-order valence-corrected chi connectivity index (χ3v) is 7.91. The summed E-state index contributed by atoms with van der Waals surface area (Å²) in [6.07, 6.45) is -4.77. The summed E-state index contributed by atoms with van der Waals surface area (Å²) >= 11 is 0. The Balaban J connectivity index is 1.48. The molecule has 40 heavy (non-hydrogen) atoms. The molecule has 4 rings (SSSR count). The molecule has 2 N–H and O–H groups in total. The van der Waals surface area contributed by atoms with Crippen LogP contribution in [0.1, 0.15) is 19.5 Å². The molecule has 1 fully saturated rings. The molecule has 0 radical (unpaired) electrons. The zero-order chi connectivity index (χ0) is 29.3. The van der Waals surface area contributed by atoms with E-state index in [1.165, 1.54) is 59.5 Å². The summed E-state index contributed by atoms with van der Waals surface area (Å²) in [6, 6.07) is 11.0. The van der Waals surface area contributed by atoms with Crippen LogP contribution in [0.5, 0.6) is 5.75 Å². The average molecular weight is 584 g/mol. The summed E-state index contributed by atoms with van der Waals surface area (Å²) in [4.78, 5) is 20.5. The second-order valence-corrected chi connectivity index (χ2v) is 11.3. The standard InChI is InChI=1S/C25H25F4N5O5S/c1-24(2,22(35)36)39-18-7-9-19(10-8-18)40(37,38)34-13-11-33(12-14-34)23-31-20(25(27,28)29)15-21(32-23)30-17-5-3-16(26)4-6-17/h3-10,15H,11-14H2,1-2H3,(H,35,36)(H,30,31,32). The Labute approximate surface area is 227 Å². The third-order valence-electron chi connectivity index (χ3n) is 5.99. The van der Waals surface area contributed by atoms with Gasteiger partial charge in [0.2, 0.25) is 16.0 Å². The van der Waals surface area contributed by atoms with Crippen molar-refractivity contribution in [3.05, 3.63) is 66.1 Å². The van der Waals surface area contributed by atoms with E-state index in [9.17, 15) is 35.9 Å². The number of rotatable bonds is 8. The molecule has 0 atom stereocenters. The molecular weight excluding hydrogens is 558 g/mol. The lowest BCUT2D eigenvalue weighted by atomic mass is 10.1. The normalized spacial score (nSPS) is 15.1. The second-order valence-electron chi connectivity index (χ2n) is 9.35. The Morgan fingerprint density at radius 1 is 0.975 bits per heavy atom. The van der Waals surface area contributed by atoms with Gasteiger partial charge in [-0.25, -0.2) is 22.6 Å². The number of aliphatic carboxylic acids is 1. The molecule has 10 nitrogen and oxygen atoms in total. The Morgan fingerprint density at radius 2 is 1.57 bits per heavy atom. The molecule has 214 valence electrons. The SMILES string of the molecule is CC(C)(Oc1ccc(S(=O)(=O)N2CCN(c3nc(Nc4ccc(F)cc4)cc(C(F)(F)F)n3)CC2)cc1)C(=O)O. The molecule has 1 aromatic heterocycles. The number of sulfonamides is 1. The first-order chi connectivity index (χ1) is 18.6. The topological polar surface area (TPSA) is 125 Å². The molecular formula is C25H25F4N5O5S. The predicted molar refractivity (Wildman–Crippen MR) is 136 cm³/mol. The van der Waals surface area contributed by atoms with Crippen molar-refractivity contribution < 1.29 is 40.6 Å². The number of ether oxygens (including phenoxy) is 1. The van der Waals surface area contributed by atoms with E-state index in [0.29, 0.717) is 5.69 Å². The van der Waals surface area contributed by atoms with Crippen LogP contribution < -0.4 is 15.0 Å². The fourth-order valence-corrected chi connectivity index (χ4v) is 5.18. The van der Waals surface area contributed by atoms with E-state index < -0.39 is 39.3 Å². The van der Waals surface area contributed by atoms with Crippen LogP contribution in [0.4, 0.5) is 35.0 Å². The second kappa shape index (κ2) is 10.9. The van der Waals surface area contributed by atoms with Crippen LogP contribution in [-0.2, 0) is 21.0 Å². The lowest BCUT2D eigenvalue weighted by molar-refractivity contribution is -0.152. The zero-order valence-corrected chi connectivity index (χ0v) is 22.1. The van der Waals surface area contributed by atoms with Gasteiger partial charge < -0.3 is 20.1 Å². The van der Waals surface area contributed by atoms with Gasteiger partial charge in [0.05, 0.1) is 4.90 Å². The number of carboxylic acids is 1. The number of halogens is 4. The number of carboxylic acid groups (broad SMARTS) is 1. The maximum absolute atomic E-state index is 13.6. The lowest BCUT2D eigenvalue weighted by Gasteiger charge is -2.34. The van der Waals surface area contributed by atoms with Crippen molar-refractivity contribution in [1.29, 1.82) is 0 Å². The van der Waals surface area contributed by atoms with Gasteiger partial charge in [0.15, 0.2) is 11.3 Å². The predicted octanol–water partition coefficient (Wildman–Crippen LogP) is 4.13. The summed E-state index contributed by atoms with van der Waals surface area (Å²) in [5.74, 6) is -1.93. The van der Waals surface area contributed by atoms with Gasteiger partial charge in [-0.1, -0.05) is 0 Å². The first kappa shape index (κ1) is 29.0. The van der Waals surface area contributed by atoms with Gasteiger partial charge in [0.25, 0.3) is 0 Å². The van der Waals surface area contributed by atoms with Crippen molar-refractivity contribution in [1.82, 2.24) is 14.3 Å². The average Bonchev–Trinajstić information content (AvgIpc) is 2.89. The number of anilines is 3. The molecule has 0 unspecified atom stereocenters. The number of nitrogens with one attached hydrogen (secondary N) is 1. The van der Waals surface area contributed by atoms with Crippen LogP contribution in [0.25, 0.3) is 0 Å². The fraction of sp³-hybridized carbons (Fsp3) is 0.320. The van der Waals surface area contributed by atoms with E-state index in [1.807, 2.05) is 0 Å². The number of hydrogen-bond donors (Lipinski definition) is 2. The van der Waals surface area contributed by atoms with Crippen molar-refractivity contribution in [2.24, 2.45) is 0 Å². The molecule has 2 heterocycles. The van der Waals surface area contributed by atoms with Gasteiger partial charge in [0.1, 0.15) is 17.4 Å². The highest BCUT2D eigenvalue weighted by atomic mass is 32.2. The summed E-state index contributed by atoms with van der Waals surface area (Å²) in [6.45, 7) is 2.65. The van der Waals surface area contributed by atoms with Gasteiger partial charge >= 0.3 is 12.1 Å². The molecule has 0 amide bonds. The molecule has 15 heteroatoms. The van der Waals surface area contributed by atoms with Crippen LogP contribution in [0.15, 0.2) is 59.5 Å². The number of benzene rings is 2. The van der Waals surface area contributed by atoms with E-state index >= 15 is 0 Å². The van der Waals surface area contributed by atoms with E-state index in [0.717, 1.165) is 18.2 Å². The molecule has 1 aliphatic rings. The number of piperazine rings is 1. The molecule has 1 aliphatic heterocycles. The fourth-order valence-electron chi connectivity index (χ4n) is 3.76. The van der Waals surface area contributed by atoms with Crippen molar-refractivity contribution in [3.63, 3.8) is 0 Å². The summed E-state index contributed by atoms with van der Waals surface area (Å²) in [5, 5.41) is 11.9. The van der Waals surface area contributed by atoms with E-state index in [2.05, 4.69) is 15.3 Å². The van der Waals surface area contributed by atoms with Gasteiger partial charge in [0, 0.05) is 37.9 Å². The number of alkyl halides is 3. The maximum atomic E-state index is 13.6. The van der Waals surface area contributed by atoms with Gasteiger partial charge in [-0.3, -0.25) is 0 Å². The van der Waals surface area contributed by atoms with Crippen LogP contribution in [-0.4, -0.2) is 65.5 Å². The quantitative estimate of drug-likeness (QED) is 0.377. The zero-order valence-electron chi connectivity index (χ0n) is 21.3. The lowest BCUT2D eigenvalue weighted by Crippen LogP contribution is -2.49. The number of nitrogens with zero attached hydrogens (tertiary/aromatic N) is 4. The minimum atomic E-state index is -4.77. The molecule has 0 spiro atoms. The van der Waals surface area contributed by atoms with Crippen molar-refractivity contribution in [3.8, 4) is 5.75 Å². The number of aromatic nitrogens is 2. The van der Waals surface area contributed by atoms with Crippen molar-refractivity contribution >= 4 is 33.4 Å². The van der Waals surface area contributed by atoms with Crippen molar-refractivity contribution in [2.45, 2.75) is 30.5 Å². The van der Waals surface area contributed by atoms with Crippen molar-refractivity contribution in [2.75, 3.05) is 36.4 Å². The maximum Gasteiger partial charge on any atom is 0.433 e. The van der Waals surface area contributed by atoms with E-state index in [-0.39, 0.29) is 48.6 Å². The molecule has 0 saturated carbocycles. The summed E-state index contributed by atoms with van der Waals surface area (Å²) in [7, 11) is -3.96. The van der Waals surface area contributed by atoms with Crippen LogP contribution in [0.3, 0.4) is 0 Å². The molecule has 3 aromatic rings. The summed E-state index contributed by atoms with van der Waals surface area (Å²) in [5.41, 5.74) is -2.39. The highest BCUT2D eigenvalue weighted by Gasteiger charge is 2.36. The minimum absolute atomic E-state index is 0.0184. The summed E-state index contributed by atoms with van der Waals surface area (Å²) < 4.78 is 86.8. The molecule has 0 bridgehead atoms. The first-order valence-corrected chi connectivity index (χ1v) is 13.4. The largest absolute Gasteiger partial charge is 0.478 e. The molecule has 1 saturated heterocycles. The van der Waals surface area contributed by atoms with Gasteiger partial charge in [-0.05, 0) is 62.4 Å². The highest BCUT2D eigenvalue weighted by molar-refractivity contribution is 7.89. The Hall–Kier alpha value is -3.98. The Morgan fingerprint density at radius 3 is 2.12 bits per heavy atom. The van der Waals surface area contributed by atoms with E-state index in [1.54, 1.807) is 0 Å². The van der Waals surface area contributed by atoms with E-state index in [4.69, 9.17) is 4.74 Å². The van der Waals surface area contributed by atoms with Gasteiger partial charge in [-0.2, -0.15) is 22.5 Å². The Bertz CT molecular complexity index is 1470. The first-order valence-electron chi connectivity index (χ1n) is 11.9. The third kappa shape index (κ3) is 6.59. The number of hydrogen-bond acceptors (Lipinski definition) is 8. The Kier molecular flexibility index (Phi) is 7.90. The minimum Gasteiger partial charge on any atom is -0.478 e. The van der Waals surface area contributed by atoms with Crippen LogP contribution in [0.2, 0.25) is 0 Å². The van der Waals surface area contributed by atoms with Crippen LogP contribution >= 0.6 is 0 Å².